The number of furan rings is 1. The summed E-state index contributed by atoms with van der Waals surface area (Å²) in [5, 5.41) is 3.01. The van der Waals surface area contributed by atoms with E-state index in [1.54, 1.807) is 18.3 Å². The molecule has 118 valence electrons. The molecular weight excluding hydrogens is 350 g/mol. The van der Waals surface area contributed by atoms with Gasteiger partial charge in [-0.05, 0) is 47.8 Å². The van der Waals surface area contributed by atoms with Crippen molar-refractivity contribution in [3.63, 3.8) is 0 Å². The second-order valence-corrected chi connectivity index (χ2v) is 5.97. The molecule has 0 saturated carbocycles. The summed E-state index contributed by atoms with van der Waals surface area (Å²) in [7, 11) is 0. The number of amides is 1. The molecule has 0 unspecified atom stereocenters. The fourth-order valence-corrected chi connectivity index (χ4v) is 3.01. The second-order valence-electron chi connectivity index (χ2n) is 5.19. The number of aromatic nitrogens is 2. The predicted molar refractivity (Wildman–Crippen MR) is 83.5 cm³/mol. The van der Waals surface area contributed by atoms with Crippen LogP contribution in [0, 0.1) is 0 Å². The maximum atomic E-state index is 12.3. The van der Waals surface area contributed by atoms with Gasteiger partial charge in [-0.2, -0.15) is 0 Å². The molecular formula is C15H18BrN3O3. The van der Waals surface area contributed by atoms with Crippen LogP contribution < -0.4 is 5.32 Å². The van der Waals surface area contributed by atoms with Gasteiger partial charge in [0, 0.05) is 25.5 Å². The molecule has 1 N–H and O–H groups in total. The zero-order valence-corrected chi connectivity index (χ0v) is 13.9. The minimum absolute atomic E-state index is 0.113. The Bertz CT molecular complexity index is 652. The van der Waals surface area contributed by atoms with Gasteiger partial charge in [0.2, 0.25) is 0 Å². The smallest absolute Gasteiger partial charge is 0.287 e. The van der Waals surface area contributed by atoms with Gasteiger partial charge in [-0.15, -0.1) is 0 Å². The summed E-state index contributed by atoms with van der Waals surface area (Å²) in [5.74, 6) is 0.906. The molecule has 0 aliphatic carbocycles. The van der Waals surface area contributed by atoms with Crippen LogP contribution in [-0.2, 0) is 11.3 Å². The van der Waals surface area contributed by atoms with Crippen molar-refractivity contribution < 1.29 is 13.9 Å². The summed E-state index contributed by atoms with van der Waals surface area (Å²) < 4.78 is 13.8. The molecule has 3 heterocycles. The fourth-order valence-electron chi connectivity index (χ4n) is 2.70. The summed E-state index contributed by atoms with van der Waals surface area (Å²) in [6.07, 6.45) is 5.23. The van der Waals surface area contributed by atoms with Crippen molar-refractivity contribution in [2.75, 3.05) is 6.61 Å². The Morgan fingerprint density at radius 3 is 3.14 bits per heavy atom. The molecule has 2 aromatic heterocycles. The molecule has 0 spiro atoms. The van der Waals surface area contributed by atoms with Crippen LogP contribution in [-0.4, -0.2) is 28.1 Å². The predicted octanol–water partition coefficient (Wildman–Crippen LogP) is 2.91. The summed E-state index contributed by atoms with van der Waals surface area (Å²) in [6.45, 7) is 3.56. The molecule has 1 aliphatic rings. The first-order valence-corrected chi connectivity index (χ1v) is 8.17. The van der Waals surface area contributed by atoms with Crippen LogP contribution in [0.2, 0.25) is 0 Å². The van der Waals surface area contributed by atoms with E-state index in [0.29, 0.717) is 11.3 Å². The first-order chi connectivity index (χ1) is 10.7. The second kappa shape index (κ2) is 6.66. The van der Waals surface area contributed by atoms with E-state index in [1.807, 2.05) is 10.8 Å². The number of ether oxygens (including phenoxy) is 1. The number of carbonyl (C=O) groups is 1. The quantitative estimate of drug-likeness (QED) is 0.901. The zero-order chi connectivity index (χ0) is 15.5. The molecule has 1 fully saturated rings. The first-order valence-electron chi connectivity index (χ1n) is 7.38. The van der Waals surface area contributed by atoms with Crippen LogP contribution >= 0.6 is 15.9 Å². The first kappa shape index (κ1) is 15.3. The molecule has 3 rings (SSSR count). The highest BCUT2D eigenvalue weighted by atomic mass is 79.9. The Balaban J connectivity index is 1.77. The van der Waals surface area contributed by atoms with E-state index < -0.39 is 0 Å². The van der Waals surface area contributed by atoms with Gasteiger partial charge in [-0.25, -0.2) is 4.98 Å². The highest BCUT2D eigenvalue weighted by molar-refractivity contribution is 9.10. The van der Waals surface area contributed by atoms with E-state index >= 15 is 0 Å². The molecule has 7 heteroatoms. The maximum Gasteiger partial charge on any atom is 0.287 e. The number of carbonyl (C=O) groups excluding carboxylic acids is 1. The largest absolute Gasteiger partial charge is 0.444 e. The SMILES string of the molecule is CCn1ccnc1[C@H]1OCCC[C@@H]1NC(=O)c1ccc(Br)o1. The molecule has 0 radical (unpaired) electrons. The number of imidazole rings is 1. The lowest BCUT2D eigenvalue weighted by molar-refractivity contribution is -0.0165. The van der Waals surface area contributed by atoms with Crippen molar-refractivity contribution in [3.8, 4) is 0 Å². The lowest BCUT2D eigenvalue weighted by Gasteiger charge is -2.31. The molecule has 22 heavy (non-hydrogen) atoms. The average molecular weight is 368 g/mol. The lowest BCUT2D eigenvalue weighted by Crippen LogP contribution is -2.43. The highest BCUT2D eigenvalue weighted by Crippen LogP contribution is 2.28. The number of hydrogen-bond acceptors (Lipinski definition) is 4. The average Bonchev–Trinajstić information content (AvgIpc) is 3.16. The van der Waals surface area contributed by atoms with E-state index in [-0.39, 0.29) is 23.8 Å². The van der Waals surface area contributed by atoms with Crippen molar-refractivity contribution in [2.45, 2.75) is 38.5 Å². The number of hydrogen-bond donors (Lipinski definition) is 1. The van der Waals surface area contributed by atoms with Gasteiger partial charge in [-0.1, -0.05) is 0 Å². The minimum atomic E-state index is -0.235. The van der Waals surface area contributed by atoms with Crippen LogP contribution in [0.5, 0.6) is 0 Å². The third-order valence-electron chi connectivity index (χ3n) is 3.78. The van der Waals surface area contributed by atoms with Crippen molar-refractivity contribution in [1.82, 2.24) is 14.9 Å². The van der Waals surface area contributed by atoms with E-state index in [0.717, 1.165) is 25.2 Å². The van der Waals surface area contributed by atoms with E-state index in [4.69, 9.17) is 9.15 Å². The van der Waals surface area contributed by atoms with Gasteiger partial charge in [0.1, 0.15) is 11.9 Å². The van der Waals surface area contributed by atoms with Gasteiger partial charge in [0.25, 0.3) is 5.91 Å². The summed E-state index contributed by atoms with van der Waals surface area (Å²) in [6, 6.07) is 3.23. The van der Waals surface area contributed by atoms with E-state index in [9.17, 15) is 4.79 Å². The van der Waals surface area contributed by atoms with Crippen LogP contribution in [0.25, 0.3) is 0 Å². The van der Waals surface area contributed by atoms with Crippen LogP contribution in [0.1, 0.15) is 42.2 Å². The Hall–Kier alpha value is -1.60. The molecule has 0 bridgehead atoms. The van der Waals surface area contributed by atoms with Gasteiger partial charge in [-0.3, -0.25) is 4.79 Å². The van der Waals surface area contributed by atoms with Crippen LogP contribution in [0.4, 0.5) is 0 Å². The molecule has 2 aromatic rings. The summed E-state index contributed by atoms with van der Waals surface area (Å²) in [4.78, 5) is 16.7. The van der Waals surface area contributed by atoms with Gasteiger partial charge >= 0.3 is 0 Å². The minimum Gasteiger partial charge on any atom is -0.444 e. The van der Waals surface area contributed by atoms with Crippen molar-refractivity contribution >= 4 is 21.8 Å². The third-order valence-corrected chi connectivity index (χ3v) is 4.20. The van der Waals surface area contributed by atoms with Crippen molar-refractivity contribution in [3.05, 3.63) is 40.8 Å². The Kier molecular flexibility index (Phi) is 4.63. The van der Waals surface area contributed by atoms with Crippen LogP contribution in [0.3, 0.4) is 0 Å². The highest BCUT2D eigenvalue weighted by Gasteiger charge is 2.32. The topological polar surface area (TPSA) is 69.3 Å². The lowest BCUT2D eigenvalue weighted by atomic mass is 10.0. The fraction of sp³-hybridized carbons (Fsp3) is 0.467. The van der Waals surface area contributed by atoms with Crippen molar-refractivity contribution in [2.24, 2.45) is 0 Å². The van der Waals surface area contributed by atoms with E-state index in [1.165, 1.54) is 0 Å². The third kappa shape index (κ3) is 3.10. The molecule has 6 nitrogen and oxygen atoms in total. The number of nitrogens with zero attached hydrogens (tertiary/aromatic N) is 2. The maximum absolute atomic E-state index is 12.3. The van der Waals surface area contributed by atoms with Gasteiger partial charge in [0.05, 0.1) is 6.04 Å². The Labute approximate surface area is 137 Å². The standard InChI is InChI=1S/C15H18BrN3O3/c1-2-19-8-7-17-14(19)13-10(4-3-9-21-13)18-15(20)11-5-6-12(16)22-11/h5-8,10,13H,2-4,9H2,1H3,(H,18,20)/t10-,13-/m0/s1. The summed E-state index contributed by atoms with van der Waals surface area (Å²) in [5.41, 5.74) is 0. The zero-order valence-electron chi connectivity index (χ0n) is 12.3. The summed E-state index contributed by atoms with van der Waals surface area (Å²) >= 11 is 3.20. The van der Waals surface area contributed by atoms with E-state index in [2.05, 4.69) is 33.2 Å². The molecule has 1 saturated heterocycles. The molecule has 1 aliphatic heterocycles. The molecule has 1 amide bonds. The Morgan fingerprint density at radius 1 is 1.55 bits per heavy atom. The van der Waals surface area contributed by atoms with Gasteiger partial charge in [0.15, 0.2) is 10.4 Å². The normalized spacial score (nSPS) is 21.7. The molecule has 0 aromatic carbocycles. The van der Waals surface area contributed by atoms with Crippen LogP contribution in [0.15, 0.2) is 33.6 Å². The number of nitrogens with one attached hydrogen (secondary N) is 1. The number of aryl methyl sites for hydroxylation is 1. The van der Waals surface area contributed by atoms with Gasteiger partial charge < -0.3 is 19.0 Å². The number of rotatable bonds is 4. The monoisotopic (exact) mass is 367 g/mol. The van der Waals surface area contributed by atoms with Crippen molar-refractivity contribution in [1.29, 1.82) is 0 Å². The molecule has 2 atom stereocenters. The number of halogens is 1. The Morgan fingerprint density at radius 2 is 2.41 bits per heavy atom.